The fraction of sp³-hybridized carbons (Fsp3) is 0.0870. The Morgan fingerprint density at radius 1 is 0.857 bits per heavy atom. The maximum atomic E-state index is 14.0. The van der Waals surface area contributed by atoms with Crippen LogP contribution in [0.4, 0.5) is 8.78 Å². The van der Waals surface area contributed by atoms with E-state index in [4.69, 9.17) is 5.73 Å². The van der Waals surface area contributed by atoms with Crippen molar-refractivity contribution in [2.24, 2.45) is 5.73 Å². The van der Waals surface area contributed by atoms with Crippen LogP contribution in [-0.4, -0.2) is 4.40 Å². The Labute approximate surface area is 160 Å². The van der Waals surface area contributed by atoms with Crippen molar-refractivity contribution in [3.63, 3.8) is 0 Å². The molecule has 2 aromatic heterocycles. The Hall–Kier alpha value is -3.31. The summed E-state index contributed by atoms with van der Waals surface area (Å²) in [7, 11) is 0. The first-order chi connectivity index (χ1) is 13.5. The molecule has 0 bridgehead atoms. The van der Waals surface area contributed by atoms with Crippen molar-refractivity contribution < 1.29 is 8.78 Å². The third kappa shape index (κ3) is 3.00. The van der Waals surface area contributed by atoms with Gasteiger partial charge in [0.2, 0.25) is 0 Å². The molecule has 140 valence electrons. The standard InChI is InChI=1S/C23H18F2N2O/c1-14(26)20-21(16-8-5-9-17(24)12-16)19-11-10-18(25)13-27(19)23(28)22(20)15-6-3-2-4-7-15/h2-14H,26H2,1H3/t14-/m0/s1. The van der Waals surface area contributed by atoms with E-state index in [0.717, 1.165) is 6.20 Å². The minimum absolute atomic E-state index is 0.367. The molecule has 4 rings (SSSR count). The van der Waals surface area contributed by atoms with Gasteiger partial charge in [0.25, 0.3) is 5.56 Å². The highest BCUT2D eigenvalue weighted by Crippen LogP contribution is 2.37. The first-order valence-corrected chi connectivity index (χ1v) is 8.92. The molecule has 28 heavy (non-hydrogen) atoms. The third-order valence-electron chi connectivity index (χ3n) is 4.77. The smallest absolute Gasteiger partial charge is 0.263 e. The fourth-order valence-electron chi connectivity index (χ4n) is 3.63. The van der Waals surface area contributed by atoms with Crippen molar-refractivity contribution >= 4 is 5.52 Å². The normalized spacial score (nSPS) is 12.3. The fourth-order valence-corrected chi connectivity index (χ4v) is 3.63. The Kier molecular flexibility index (Phi) is 4.53. The topological polar surface area (TPSA) is 47.5 Å². The van der Waals surface area contributed by atoms with E-state index in [-0.39, 0.29) is 5.56 Å². The number of aromatic nitrogens is 1. The first kappa shape index (κ1) is 18.1. The van der Waals surface area contributed by atoms with Gasteiger partial charge < -0.3 is 5.73 Å². The largest absolute Gasteiger partial charge is 0.324 e. The number of pyridine rings is 2. The molecule has 0 aliphatic carbocycles. The SMILES string of the molecule is C[C@H](N)c1c(-c2ccccc2)c(=O)n2cc(F)ccc2c1-c1cccc(F)c1. The number of halogens is 2. The molecular formula is C23H18F2N2O. The van der Waals surface area contributed by atoms with Crippen LogP contribution in [0.5, 0.6) is 0 Å². The predicted molar refractivity (Wildman–Crippen MR) is 107 cm³/mol. The van der Waals surface area contributed by atoms with E-state index >= 15 is 0 Å². The number of fused-ring (bicyclic) bond motifs is 1. The molecule has 0 amide bonds. The summed E-state index contributed by atoms with van der Waals surface area (Å²) in [6.45, 7) is 1.78. The van der Waals surface area contributed by atoms with Crippen molar-refractivity contribution in [1.82, 2.24) is 4.40 Å². The van der Waals surface area contributed by atoms with Gasteiger partial charge in [-0.25, -0.2) is 8.78 Å². The summed E-state index contributed by atoms with van der Waals surface area (Å²) in [5, 5.41) is 0. The van der Waals surface area contributed by atoms with Gasteiger partial charge in [-0.3, -0.25) is 9.20 Å². The summed E-state index contributed by atoms with van der Waals surface area (Å²) in [5.41, 5.74) is 9.28. The van der Waals surface area contributed by atoms with Crippen molar-refractivity contribution in [2.45, 2.75) is 13.0 Å². The molecule has 4 aromatic rings. The van der Waals surface area contributed by atoms with Gasteiger partial charge in [-0.15, -0.1) is 0 Å². The number of nitrogens with two attached hydrogens (primary N) is 1. The minimum Gasteiger partial charge on any atom is -0.324 e. The lowest BCUT2D eigenvalue weighted by Gasteiger charge is -2.21. The number of benzene rings is 2. The Morgan fingerprint density at radius 3 is 2.25 bits per heavy atom. The van der Waals surface area contributed by atoms with Crippen LogP contribution in [0.3, 0.4) is 0 Å². The van der Waals surface area contributed by atoms with Crippen LogP contribution in [-0.2, 0) is 0 Å². The van der Waals surface area contributed by atoms with Gasteiger partial charge in [0.1, 0.15) is 11.6 Å². The molecule has 0 unspecified atom stereocenters. The number of hydrogen-bond acceptors (Lipinski definition) is 2. The van der Waals surface area contributed by atoms with Crippen LogP contribution in [0.25, 0.3) is 27.8 Å². The zero-order valence-corrected chi connectivity index (χ0v) is 15.2. The van der Waals surface area contributed by atoms with E-state index in [9.17, 15) is 13.6 Å². The molecule has 2 N–H and O–H groups in total. The second kappa shape index (κ2) is 7.02. The number of hydrogen-bond donors (Lipinski definition) is 1. The summed E-state index contributed by atoms with van der Waals surface area (Å²) < 4.78 is 29.2. The number of rotatable bonds is 3. The van der Waals surface area contributed by atoms with Gasteiger partial charge in [0.15, 0.2) is 0 Å². The average Bonchev–Trinajstić information content (AvgIpc) is 2.68. The summed E-state index contributed by atoms with van der Waals surface area (Å²) in [4.78, 5) is 13.3. The monoisotopic (exact) mass is 376 g/mol. The van der Waals surface area contributed by atoms with Gasteiger partial charge >= 0.3 is 0 Å². The molecular weight excluding hydrogens is 358 g/mol. The molecule has 0 saturated heterocycles. The molecule has 0 aliphatic rings. The first-order valence-electron chi connectivity index (χ1n) is 8.92. The zero-order chi connectivity index (χ0) is 19.8. The van der Waals surface area contributed by atoms with E-state index < -0.39 is 17.7 Å². The molecule has 2 heterocycles. The van der Waals surface area contributed by atoms with E-state index in [1.807, 2.05) is 30.3 Å². The van der Waals surface area contributed by atoms with Crippen LogP contribution < -0.4 is 11.3 Å². The highest BCUT2D eigenvalue weighted by molar-refractivity contribution is 5.89. The molecule has 0 aliphatic heterocycles. The maximum Gasteiger partial charge on any atom is 0.263 e. The van der Waals surface area contributed by atoms with Gasteiger partial charge in [-0.05, 0) is 47.9 Å². The summed E-state index contributed by atoms with van der Waals surface area (Å²) in [6, 6.07) is 17.5. The van der Waals surface area contributed by atoms with Crippen molar-refractivity contribution in [3.8, 4) is 22.3 Å². The Morgan fingerprint density at radius 2 is 1.57 bits per heavy atom. The second-order valence-corrected chi connectivity index (χ2v) is 6.74. The van der Waals surface area contributed by atoms with Crippen molar-refractivity contribution in [1.29, 1.82) is 0 Å². The summed E-state index contributed by atoms with van der Waals surface area (Å²) >= 11 is 0. The van der Waals surface area contributed by atoms with Crippen LogP contribution in [0.15, 0.2) is 77.7 Å². The van der Waals surface area contributed by atoms with E-state index in [1.165, 1.54) is 28.7 Å². The van der Waals surface area contributed by atoms with Gasteiger partial charge in [0.05, 0.1) is 11.1 Å². The Balaban J connectivity index is 2.25. The number of nitrogens with zero attached hydrogens (tertiary/aromatic N) is 1. The zero-order valence-electron chi connectivity index (χ0n) is 15.2. The molecule has 0 spiro atoms. The summed E-state index contributed by atoms with van der Waals surface area (Å²) in [6.07, 6.45) is 1.15. The highest BCUT2D eigenvalue weighted by atomic mass is 19.1. The summed E-state index contributed by atoms with van der Waals surface area (Å²) in [5.74, 6) is -0.937. The molecule has 0 fully saturated rings. The molecule has 3 nitrogen and oxygen atoms in total. The second-order valence-electron chi connectivity index (χ2n) is 6.74. The van der Waals surface area contributed by atoms with Crippen LogP contribution in [0.1, 0.15) is 18.5 Å². The van der Waals surface area contributed by atoms with E-state index in [1.54, 1.807) is 19.1 Å². The van der Waals surface area contributed by atoms with E-state index in [0.29, 0.717) is 33.3 Å². The molecule has 5 heteroatoms. The van der Waals surface area contributed by atoms with Crippen LogP contribution in [0, 0.1) is 11.6 Å². The lowest BCUT2D eigenvalue weighted by molar-refractivity contribution is 0.618. The molecule has 1 atom stereocenters. The predicted octanol–water partition coefficient (Wildman–Crippen LogP) is 4.93. The Bertz CT molecular complexity index is 1230. The molecule has 0 saturated carbocycles. The lowest BCUT2D eigenvalue weighted by atomic mass is 9.88. The van der Waals surface area contributed by atoms with Gasteiger partial charge in [-0.1, -0.05) is 42.5 Å². The third-order valence-corrected chi connectivity index (χ3v) is 4.77. The van der Waals surface area contributed by atoms with Crippen LogP contribution in [0.2, 0.25) is 0 Å². The molecule has 2 aromatic carbocycles. The quantitative estimate of drug-likeness (QED) is 0.551. The van der Waals surface area contributed by atoms with E-state index in [2.05, 4.69) is 0 Å². The van der Waals surface area contributed by atoms with Crippen molar-refractivity contribution in [2.75, 3.05) is 0 Å². The van der Waals surface area contributed by atoms with Gasteiger partial charge in [-0.2, -0.15) is 0 Å². The van der Waals surface area contributed by atoms with Crippen molar-refractivity contribution in [3.05, 3.63) is 100 Å². The van der Waals surface area contributed by atoms with Gasteiger partial charge in [0, 0.05) is 17.8 Å². The molecule has 0 radical (unpaired) electrons. The average molecular weight is 376 g/mol. The maximum absolute atomic E-state index is 14.0. The van der Waals surface area contributed by atoms with Crippen LogP contribution >= 0.6 is 0 Å². The lowest BCUT2D eigenvalue weighted by Crippen LogP contribution is -2.23. The highest BCUT2D eigenvalue weighted by Gasteiger charge is 2.23. The minimum atomic E-state index is -0.535.